The van der Waals surface area contributed by atoms with Crippen molar-refractivity contribution in [3.8, 4) is 6.07 Å². The molecule has 1 N–H and O–H groups in total. The number of rotatable bonds is 2. The summed E-state index contributed by atoms with van der Waals surface area (Å²) in [7, 11) is 0. The third kappa shape index (κ3) is 1.20. The largest absolute Gasteiger partial charge is 0.345 e. The van der Waals surface area contributed by atoms with Crippen molar-refractivity contribution in [1.29, 1.82) is 5.26 Å². The number of nitriles is 1. The van der Waals surface area contributed by atoms with Gasteiger partial charge in [-0.05, 0) is 12.8 Å². The lowest BCUT2D eigenvalue weighted by Crippen LogP contribution is -2.39. The molecule has 0 aromatic heterocycles. The van der Waals surface area contributed by atoms with Crippen LogP contribution in [0.5, 0.6) is 0 Å². The Morgan fingerprint density at radius 3 is 2.67 bits per heavy atom. The van der Waals surface area contributed by atoms with Gasteiger partial charge in [-0.3, -0.25) is 4.79 Å². The van der Waals surface area contributed by atoms with Crippen LogP contribution >= 0.6 is 0 Å². The Morgan fingerprint density at radius 2 is 2.22 bits per heavy atom. The molecule has 1 aliphatic carbocycles. The molecule has 0 saturated heterocycles. The van der Waals surface area contributed by atoms with Crippen molar-refractivity contribution < 1.29 is 4.79 Å². The molecule has 0 atom stereocenters. The summed E-state index contributed by atoms with van der Waals surface area (Å²) in [5, 5.41) is 10.8. The molecule has 0 bridgehead atoms. The first-order valence-electron chi connectivity index (χ1n) is 2.89. The highest BCUT2D eigenvalue weighted by molar-refractivity contribution is 5.48. The van der Waals surface area contributed by atoms with Gasteiger partial charge in [0.05, 0.1) is 12.0 Å². The zero-order valence-electron chi connectivity index (χ0n) is 4.92. The second kappa shape index (κ2) is 2.49. The SMILES string of the molecule is N#CC1CC(N[C]=O)C1. The number of nitrogens with one attached hydrogen (secondary N) is 1. The molecule has 1 saturated carbocycles. The number of hydrogen-bond acceptors (Lipinski definition) is 2. The van der Waals surface area contributed by atoms with Crippen molar-refractivity contribution in [3.05, 3.63) is 0 Å². The molecular formula is C6H7N2O. The molecule has 0 aromatic carbocycles. The van der Waals surface area contributed by atoms with Gasteiger partial charge in [0.25, 0.3) is 0 Å². The number of nitrogens with zero attached hydrogens (tertiary/aromatic N) is 1. The van der Waals surface area contributed by atoms with E-state index in [0.29, 0.717) is 0 Å². The van der Waals surface area contributed by atoms with Crippen LogP contribution in [0.15, 0.2) is 0 Å². The molecule has 0 heterocycles. The van der Waals surface area contributed by atoms with Crippen LogP contribution in [0.4, 0.5) is 0 Å². The first-order valence-corrected chi connectivity index (χ1v) is 2.89. The van der Waals surface area contributed by atoms with Crippen molar-refractivity contribution in [2.75, 3.05) is 0 Å². The lowest BCUT2D eigenvalue weighted by atomic mass is 9.82. The molecule has 0 spiro atoms. The first kappa shape index (κ1) is 6.09. The summed E-state index contributed by atoms with van der Waals surface area (Å²) in [6.45, 7) is 0. The van der Waals surface area contributed by atoms with E-state index in [4.69, 9.17) is 5.26 Å². The van der Waals surface area contributed by atoms with E-state index in [-0.39, 0.29) is 12.0 Å². The van der Waals surface area contributed by atoms with Gasteiger partial charge in [0.1, 0.15) is 0 Å². The smallest absolute Gasteiger partial charge is 0.309 e. The predicted molar refractivity (Wildman–Crippen MR) is 31.0 cm³/mol. The molecule has 3 heteroatoms. The van der Waals surface area contributed by atoms with Crippen LogP contribution in [0.3, 0.4) is 0 Å². The fourth-order valence-corrected chi connectivity index (χ4v) is 0.924. The molecule has 1 fully saturated rings. The van der Waals surface area contributed by atoms with Crippen molar-refractivity contribution >= 4 is 6.41 Å². The van der Waals surface area contributed by atoms with Crippen molar-refractivity contribution in [3.63, 3.8) is 0 Å². The Balaban J connectivity index is 2.13. The van der Waals surface area contributed by atoms with E-state index >= 15 is 0 Å². The Kier molecular flexibility index (Phi) is 1.69. The van der Waals surface area contributed by atoms with E-state index in [2.05, 4.69) is 11.4 Å². The van der Waals surface area contributed by atoms with E-state index in [1.807, 2.05) is 0 Å². The van der Waals surface area contributed by atoms with Gasteiger partial charge in [-0.25, -0.2) is 0 Å². The molecule has 1 amide bonds. The summed E-state index contributed by atoms with van der Waals surface area (Å²) in [5.41, 5.74) is 0. The minimum Gasteiger partial charge on any atom is -0.345 e. The minimum atomic E-state index is 0.163. The standard InChI is InChI=1S/C6H7N2O/c7-3-5-1-6(2-5)8-4-9/h5-6H,1-2H2,(H,8,9). The molecule has 3 nitrogen and oxygen atoms in total. The van der Waals surface area contributed by atoms with Gasteiger partial charge in [0.15, 0.2) is 0 Å². The van der Waals surface area contributed by atoms with Gasteiger partial charge in [0.2, 0.25) is 0 Å². The first-order chi connectivity index (χ1) is 4.36. The maximum atomic E-state index is 9.68. The number of amides is 1. The van der Waals surface area contributed by atoms with Crippen LogP contribution < -0.4 is 5.32 Å². The lowest BCUT2D eigenvalue weighted by molar-refractivity contribution is 0.302. The summed E-state index contributed by atoms with van der Waals surface area (Å²) in [5.74, 6) is 0.163. The van der Waals surface area contributed by atoms with Gasteiger partial charge in [0, 0.05) is 6.04 Å². The lowest BCUT2D eigenvalue weighted by Gasteiger charge is -2.28. The normalized spacial score (nSPS) is 31.9. The molecule has 1 rings (SSSR count). The fraction of sp³-hybridized carbons (Fsp3) is 0.667. The molecule has 0 aliphatic heterocycles. The second-order valence-corrected chi connectivity index (χ2v) is 2.24. The average Bonchev–Trinajstić information content (AvgIpc) is 1.77. The van der Waals surface area contributed by atoms with Crippen LogP contribution in [-0.4, -0.2) is 12.5 Å². The molecule has 0 unspecified atom stereocenters. The number of hydrogen-bond donors (Lipinski definition) is 1. The molecule has 1 radical (unpaired) electrons. The van der Waals surface area contributed by atoms with Crippen LogP contribution in [0, 0.1) is 17.2 Å². The van der Waals surface area contributed by atoms with Gasteiger partial charge < -0.3 is 5.32 Å². The topological polar surface area (TPSA) is 52.9 Å². The monoisotopic (exact) mass is 123 g/mol. The van der Waals surface area contributed by atoms with Gasteiger partial charge >= 0.3 is 6.41 Å². The summed E-state index contributed by atoms with van der Waals surface area (Å²) in [6.07, 6.45) is 3.20. The van der Waals surface area contributed by atoms with Gasteiger partial charge in [-0.2, -0.15) is 5.26 Å². The van der Waals surface area contributed by atoms with Crippen LogP contribution in [-0.2, 0) is 4.79 Å². The van der Waals surface area contributed by atoms with Crippen LogP contribution in [0.2, 0.25) is 0 Å². The van der Waals surface area contributed by atoms with Gasteiger partial charge in [-0.15, -0.1) is 0 Å². The molecule has 9 heavy (non-hydrogen) atoms. The maximum Gasteiger partial charge on any atom is 0.309 e. The molecule has 1 aliphatic rings. The molecule has 0 aromatic rings. The van der Waals surface area contributed by atoms with E-state index in [9.17, 15) is 4.79 Å². The third-order valence-corrected chi connectivity index (χ3v) is 1.58. The molecular weight excluding hydrogens is 116 g/mol. The third-order valence-electron chi connectivity index (χ3n) is 1.58. The van der Waals surface area contributed by atoms with Gasteiger partial charge in [-0.1, -0.05) is 0 Å². The Morgan fingerprint density at radius 1 is 1.56 bits per heavy atom. The Bertz CT molecular complexity index is 144. The minimum absolute atomic E-state index is 0.163. The maximum absolute atomic E-state index is 9.68. The zero-order valence-corrected chi connectivity index (χ0v) is 4.92. The summed E-state index contributed by atoms with van der Waals surface area (Å²) in [4.78, 5) is 9.68. The van der Waals surface area contributed by atoms with Crippen molar-refractivity contribution in [2.45, 2.75) is 18.9 Å². The highest BCUT2D eigenvalue weighted by Gasteiger charge is 2.28. The average molecular weight is 123 g/mol. The Hall–Kier alpha value is -1.04. The summed E-state index contributed by atoms with van der Waals surface area (Å²) >= 11 is 0. The molecule has 47 valence electrons. The highest BCUT2D eigenvalue weighted by Crippen LogP contribution is 2.25. The highest BCUT2D eigenvalue weighted by atomic mass is 16.1. The van der Waals surface area contributed by atoms with E-state index in [1.165, 1.54) is 0 Å². The van der Waals surface area contributed by atoms with Crippen LogP contribution in [0.25, 0.3) is 0 Å². The quantitative estimate of drug-likeness (QED) is 0.523. The Labute approximate surface area is 53.7 Å². The van der Waals surface area contributed by atoms with Crippen molar-refractivity contribution in [2.24, 2.45) is 5.92 Å². The predicted octanol–water partition coefficient (Wildman–Crippen LogP) is -0.0546. The zero-order chi connectivity index (χ0) is 6.69. The fourth-order valence-electron chi connectivity index (χ4n) is 0.924. The van der Waals surface area contributed by atoms with Crippen molar-refractivity contribution in [1.82, 2.24) is 5.32 Å². The number of carbonyl (C=O) groups excluding carboxylic acids is 1. The second-order valence-electron chi connectivity index (χ2n) is 2.24. The van der Waals surface area contributed by atoms with E-state index in [1.54, 1.807) is 6.41 Å². The van der Waals surface area contributed by atoms with E-state index < -0.39 is 0 Å². The summed E-state index contributed by atoms with van der Waals surface area (Å²) in [6, 6.07) is 2.33. The van der Waals surface area contributed by atoms with E-state index in [0.717, 1.165) is 12.8 Å². The van der Waals surface area contributed by atoms with Crippen LogP contribution in [0.1, 0.15) is 12.8 Å². The summed E-state index contributed by atoms with van der Waals surface area (Å²) < 4.78 is 0.